The number of phenolic OH excluding ortho intramolecular Hbond substituents is 2. The van der Waals surface area contributed by atoms with Crippen LogP contribution in [0.1, 0.15) is 16.7 Å². The molecule has 0 unspecified atom stereocenters. The molecule has 0 spiro atoms. The molecule has 0 radical (unpaired) electrons. The monoisotopic (exact) mass is 240 g/mol. The van der Waals surface area contributed by atoms with Crippen LogP contribution in [0.3, 0.4) is 0 Å². The van der Waals surface area contributed by atoms with Gasteiger partial charge in [-0.05, 0) is 42.2 Å². The number of phenols is 2. The first-order valence-electron chi connectivity index (χ1n) is 5.90. The Kier molecular flexibility index (Phi) is 3.68. The Morgan fingerprint density at radius 1 is 1.00 bits per heavy atom. The second kappa shape index (κ2) is 5.41. The van der Waals surface area contributed by atoms with Crippen LogP contribution < -0.4 is 0 Å². The molecule has 0 bridgehead atoms. The molecule has 2 heteroatoms. The molecule has 0 amide bonds. The van der Waals surface area contributed by atoms with Gasteiger partial charge < -0.3 is 10.2 Å². The number of benzene rings is 2. The summed E-state index contributed by atoms with van der Waals surface area (Å²) in [6, 6.07) is 13.3. The van der Waals surface area contributed by atoms with Gasteiger partial charge in [-0.2, -0.15) is 0 Å². The van der Waals surface area contributed by atoms with Crippen LogP contribution in [0.2, 0.25) is 0 Å². The van der Waals surface area contributed by atoms with Crippen molar-refractivity contribution >= 4 is 6.08 Å². The zero-order chi connectivity index (χ0) is 13.0. The van der Waals surface area contributed by atoms with Crippen LogP contribution in [0.4, 0.5) is 0 Å². The van der Waals surface area contributed by atoms with Crippen molar-refractivity contribution in [2.24, 2.45) is 0 Å². The lowest BCUT2D eigenvalue weighted by molar-refractivity contribution is 0.403. The van der Waals surface area contributed by atoms with E-state index in [9.17, 15) is 10.2 Å². The summed E-state index contributed by atoms with van der Waals surface area (Å²) >= 11 is 0. The van der Waals surface area contributed by atoms with Crippen molar-refractivity contribution in [2.45, 2.75) is 13.3 Å². The van der Waals surface area contributed by atoms with E-state index in [0.717, 1.165) is 23.1 Å². The quantitative estimate of drug-likeness (QED) is 0.804. The largest absolute Gasteiger partial charge is 0.504 e. The van der Waals surface area contributed by atoms with Gasteiger partial charge in [-0.25, -0.2) is 0 Å². The lowest BCUT2D eigenvalue weighted by atomic mass is 10.0. The third-order valence-electron chi connectivity index (χ3n) is 2.88. The van der Waals surface area contributed by atoms with Crippen LogP contribution in [0.25, 0.3) is 6.08 Å². The van der Waals surface area contributed by atoms with Crippen molar-refractivity contribution in [3.8, 4) is 11.5 Å². The first-order valence-corrected chi connectivity index (χ1v) is 5.90. The number of allylic oxidation sites excluding steroid dienone is 1. The fraction of sp³-hybridized carbons (Fsp3) is 0.125. The Labute approximate surface area is 107 Å². The van der Waals surface area contributed by atoms with E-state index in [2.05, 4.69) is 0 Å². The van der Waals surface area contributed by atoms with E-state index in [1.807, 2.05) is 49.4 Å². The molecular weight excluding hydrogens is 224 g/mol. The topological polar surface area (TPSA) is 40.5 Å². The summed E-state index contributed by atoms with van der Waals surface area (Å²) in [4.78, 5) is 0. The Bertz CT molecular complexity index is 557. The summed E-state index contributed by atoms with van der Waals surface area (Å²) in [5, 5.41) is 18.8. The third-order valence-corrected chi connectivity index (χ3v) is 2.88. The van der Waals surface area contributed by atoms with E-state index in [0.29, 0.717) is 0 Å². The second-order valence-electron chi connectivity index (χ2n) is 4.28. The van der Waals surface area contributed by atoms with Crippen LogP contribution >= 0.6 is 0 Å². The van der Waals surface area contributed by atoms with Gasteiger partial charge in [0.2, 0.25) is 0 Å². The minimum Gasteiger partial charge on any atom is -0.504 e. The Balaban J connectivity index is 2.11. The van der Waals surface area contributed by atoms with Crippen LogP contribution in [-0.4, -0.2) is 10.2 Å². The maximum absolute atomic E-state index is 9.47. The first-order chi connectivity index (χ1) is 8.66. The predicted molar refractivity (Wildman–Crippen MR) is 73.7 cm³/mol. The van der Waals surface area contributed by atoms with Gasteiger partial charge in [0.05, 0.1) is 0 Å². The maximum Gasteiger partial charge on any atom is 0.157 e. The fourth-order valence-electron chi connectivity index (χ4n) is 1.83. The summed E-state index contributed by atoms with van der Waals surface area (Å²) in [6.07, 6.45) is 4.83. The molecule has 92 valence electrons. The van der Waals surface area contributed by atoms with Crippen LogP contribution in [0, 0.1) is 6.92 Å². The number of aryl methyl sites for hydroxylation is 1. The van der Waals surface area contributed by atoms with E-state index in [-0.39, 0.29) is 11.5 Å². The maximum atomic E-state index is 9.47. The Morgan fingerprint density at radius 2 is 1.67 bits per heavy atom. The van der Waals surface area contributed by atoms with Crippen molar-refractivity contribution in [2.75, 3.05) is 0 Å². The second-order valence-corrected chi connectivity index (χ2v) is 4.28. The lowest BCUT2D eigenvalue weighted by Gasteiger charge is -2.05. The minimum atomic E-state index is -0.0664. The highest BCUT2D eigenvalue weighted by molar-refractivity contribution is 5.51. The van der Waals surface area contributed by atoms with Gasteiger partial charge in [0.15, 0.2) is 11.5 Å². The normalized spacial score (nSPS) is 10.9. The molecular formula is C16H16O2. The molecule has 2 aromatic carbocycles. The van der Waals surface area contributed by atoms with Crippen molar-refractivity contribution in [3.05, 3.63) is 65.2 Å². The van der Waals surface area contributed by atoms with Gasteiger partial charge in [-0.3, -0.25) is 0 Å². The molecule has 0 heterocycles. The van der Waals surface area contributed by atoms with Gasteiger partial charge in [0.1, 0.15) is 0 Å². The summed E-state index contributed by atoms with van der Waals surface area (Å²) in [7, 11) is 0. The number of hydrogen-bond acceptors (Lipinski definition) is 2. The first kappa shape index (κ1) is 12.2. The summed E-state index contributed by atoms with van der Waals surface area (Å²) in [6.45, 7) is 1.92. The van der Waals surface area contributed by atoms with Crippen LogP contribution in [0.15, 0.2) is 48.5 Å². The molecule has 0 aliphatic carbocycles. The SMILES string of the molecule is Cc1cc(O)c(O)cc1C/C=C\c1ccccc1. The lowest BCUT2D eigenvalue weighted by Crippen LogP contribution is -1.87. The molecule has 0 aromatic heterocycles. The van der Waals surface area contributed by atoms with E-state index in [1.54, 1.807) is 12.1 Å². The highest BCUT2D eigenvalue weighted by Gasteiger charge is 2.03. The van der Waals surface area contributed by atoms with E-state index >= 15 is 0 Å². The summed E-state index contributed by atoms with van der Waals surface area (Å²) in [5.41, 5.74) is 3.14. The van der Waals surface area contributed by atoms with Crippen molar-refractivity contribution in [1.82, 2.24) is 0 Å². The molecule has 0 aliphatic rings. The molecule has 0 aliphatic heterocycles. The molecule has 2 rings (SSSR count). The van der Waals surface area contributed by atoms with E-state index < -0.39 is 0 Å². The third kappa shape index (κ3) is 2.92. The van der Waals surface area contributed by atoms with Crippen LogP contribution in [0.5, 0.6) is 11.5 Å². The Morgan fingerprint density at radius 3 is 2.39 bits per heavy atom. The van der Waals surface area contributed by atoms with E-state index in [1.165, 1.54) is 0 Å². The molecule has 2 N–H and O–H groups in total. The van der Waals surface area contributed by atoms with Gasteiger partial charge in [-0.15, -0.1) is 0 Å². The molecule has 0 saturated heterocycles. The molecule has 2 aromatic rings. The van der Waals surface area contributed by atoms with Gasteiger partial charge >= 0.3 is 0 Å². The van der Waals surface area contributed by atoms with Gasteiger partial charge in [-0.1, -0.05) is 42.5 Å². The zero-order valence-electron chi connectivity index (χ0n) is 10.3. The van der Waals surface area contributed by atoms with E-state index in [4.69, 9.17) is 0 Å². The van der Waals surface area contributed by atoms with Crippen molar-refractivity contribution in [1.29, 1.82) is 0 Å². The molecule has 0 atom stereocenters. The average molecular weight is 240 g/mol. The number of aromatic hydroxyl groups is 2. The smallest absolute Gasteiger partial charge is 0.157 e. The summed E-state index contributed by atoms with van der Waals surface area (Å²) < 4.78 is 0. The fourth-order valence-corrected chi connectivity index (χ4v) is 1.83. The summed E-state index contributed by atoms with van der Waals surface area (Å²) in [5.74, 6) is -0.132. The van der Waals surface area contributed by atoms with Crippen molar-refractivity contribution in [3.63, 3.8) is 0 Å². The molecule has 0 saturated carbocycles. The minimum absolute atomic E-state index is 0.0660. The Hall–Kier alpha value is -2.22. The molecule has 18 heavy (non-hydrogen) atoms. The predicted octanol–water partition coefficient (Wildman–Crippen LogP) is 3.66. The van der Waals surface area contributed by atoms with Gasteiger partial charge in [0.25, 0.3) is 0 Å². The van der Waals surface area contributed by atoms with Gasteiger partial charge in [0, 0.05) is 0 Å². The van der Waals surface area contributed by atoms with Crippen molar-refractivity contribution < 1.29 is 10.2 Å². The molecule has 0 fully saturated rings. The zero-order valence-corrected chi connectivity index (χ0v) is 10.3. The number of hydrogen-bond donors (Lipinski definition) is 2. The highest BCUT2D eigenvalue weighted by atomic mass is 16.3. The molecule has 2 nitrogen and oxygen atoms in total. The highest BCUT2D eigenvalue weighted by Crippen LogP contribution is 2.28. The standard InChI is InChI=1S/C16H16O2/c1-12-10-15(17)16(18)11-14(12)9-5-8-13-6-3-2-4-7-13/h2-8,10-11,17-18H,9H2,1H3/b8-5-. The number of rotatable bonds is 3. The average Bonchev–Trinajstić information content (AvgIpc) is 2.37. The van der Waals surface area contributed by atoms with Crippen LogP contribution in [-0.2, 0) is 6.42 Å².